The van der Waals surface area contributed by atoms with Gasteiger partial charge in [-0.25, -0.2) is 10.2 Å². The lowest BCUT2D eigenvalue weighted by molar-refractivity contribution is -0.123. The van der Waals surface area contributed by atoms with E-state index in [1.54, 1.807) is 6.92 Å². The zero-order valence-electron chi connectivity index (χ0n) is 16.8. The molecule has 0 aromatic heterocycles. The molecule has 0 saturated heterocycles. The van der Waals surface area contributed by atoms with Crippen molar-refractivity contribution < 1.29 is 19.1 Å². The average Bonchev–Trinajstić information content (AvgIpc) is 2.73. The van der Waals surface area contributed by atoms with Crippen molar-refractivity contribution >= 4 is 18.2 Å². The lowest BCUT2D eigenvalue weighted by Gasteiger charge is -2.16. The highest BCUT2D eigenvalue weighted by Crippen LogP contribution is 2.11. The molecule has 0 saturated carbocycles. The molecule has 0 aliphatic rings. The molecular formula is C22H27N3O4. The Labute approximate surface area is 171 Å². The number of hydrogen-bond acceptors (Lipinski definition) is 5. The summed E-state index contributed by atoms with van der Waals surface area (Å²) in [6.07, 6.45) is 2.16. The van der Waals surface area contributed by atoms with Crippen molar-refractivity contribution in [1.82, 2.24) is 10.7 Å². The summed E-state index contributed by atoms with van der Waals surface area (Å²) in [6, 6.07) is 16.0. The Morgan fingerprint density at radius 1 is 1.07 bits per heavy atom. The van der Waals surface area contributed by atoms with Gasteiger partial charge in [0.15, 0.2) is 0 Å². The highest BCUT2D eigenvalue weighted by atomic mass is 16.5. The maximum atomic E-state index is 12.5. The predicted octanol–water partition coefficient (Wildman–Crippen LogP) is 3.28. The van der Waals surface area contributed by atoms with Crippen LogP contribution >= 0.6 is 0 Å². The fourth-order valence-corrected chi connectivity index (χ4v) is 2.49. The number of carbonyl (C=O) groups is 2. The van der Waals surface area contributed by atoms with Gasteiger partial charge in [-0.15, -0.1) is 0 Å². The molecule has 0 bridgehead atoms. The van der Waals surface area contributed by atoms with Crippen molar-refractivity contribution in [3.05, 3.63) is 65.7 Å². The summed E-state index contributed by atoms with van der Waals surface area (Å²) in [5, 5.41) is 6.57. The molecule has 2 N–H and O–H groups in total. The smallest absolute Gasteiger partial charge is 0.407 e. The number of rotatable bonds is 10. The van der Waals surface area contributed by atoms with E-state index >= 15 is 0 Å². The number of hydrazone groups is 1. The lowest BCUT2D eigenvalue weighted by Crippen LogP contribution is -2.47. The number of carbonyl (C=O) groups excluding carboxylic acids is 2. The van der Waals surface area contributed by atoms with Crippen LogP contribution in [-0.4, -0.2) is 37.5 Å². The molecule has 2 rings (SSSR count). The van der Waals surface area contributed by atoms with Gasteiger partial charge in [0, 0.05) is 6.42 Å². The Kier molecular flexibility index (Phi) is 9.21. The minimum atomic E-state index is -0.807. The molecule has 0 fully saturated rings. The molecule has 0 spiro atoms. The van der Waals surface area contributed by atoms with E-state index in [-0.39, 0.29) is 6.61 Å². The van der Waals surface area contributed by atoms with E-state index in [4.69, 9.17) is 9.47 Å². The van der Waals surface area contributed by atoms with Gasteiger partial charge in [0.1, 0.15) is 11.8 Å². The molecule has 0 aliphatic carbocycles. The average molecular weight is 397 g/mol. The first-order valence-electron chi connectivity index (χ1n) is 9.65. The van der Waals surface area contributed by atoms with Gasteiger partial charge in [-0.2, -0.15) is 5.10 Å². The Balaban J connectivity index is 1.96. The van der Waals surface area contributed by atoms with E-state index in [9.17, 15) is 9.59 Å². The van der Waals surface area contributed by atoms with Crippen molar-refractivity contribution in [2.24, 2.45) is 5.10 Å². The van der Waals surface area contributed by atoms with Crippen LogP contribution in [0.2, 0.25) is 0 Å². The van der Waals surface area contributed by atoms with Crippen molar-refractivity contribution in [3.8, 4) is 5.75 Å². The third-order valence-corrected chi connectivity index (χ3v) is 3.91. The fourth-order valence-electron chi connectivity index (χ4n) is 2.49. The number of hydrogen-bond donors (Lipinski definition) is 2. The number of alkyl carbamates (subject to hydrolysis) is 1. The van der Waals surface area contributed by atoms with Crippen LogP contribution in [0.4, 0.5) is 4.79 Å². The van der Waals surface area contributed by atoms with E-state index in [0.717, 1.165) is 23.3 Å². The van der Waals surface area contributed by atoms with Crippen LogP contribution in [-0.2, 0) is 16.0 Å². The van der Waals surface area contributed by atoms with E-state index in [1.807, 2.05) is 61.5 Å². The third kappa shape index (κ3) is 8.04. The SMILES string of the molecule is CCCOc1ccc(/C=N\NC(=O)[C@H](Cc2ccccc2)NC(=O)OCC)cc1. The minimum absolute atomic E-state index is 0.224. The van der Waals surface area contributed by atoms with Gasteiger partial charge in [-0.1, -0.05) is 37.3 Å². The van der Waals surface area contributed by atoms with Crippen molar-refractivity contribution in [2.75, 3.05) is 13.2 Å². The Morgan fingerprint density at radius 2 is 1.79 bits per heavy atom. The van der Waals surface area contributed by atoms with Crippen LogP contribution in [0.25, 0.3) is 0 Å². The quantitative estimate of drug-likeness (QED) is 0.476. The van der Waals surface area contributed by atoms with Gasteiger partial charge in [-0.3, -0.25) is 4.79 Å². The molecule has 2 aromatic rings. The van der Waals surface area contributed by atoms with Crippen molar-refractivity contribution in [2.45, 2.75) is 32.7 Å². The third-order valence-electron chi connectivity index (χ3n) is 3.91. The number of amides is 2. The van der Waals surface area contributed by atoms with Gasteiger partial charge in [0.2, 0.25) is 0 Å². The number of benzene rings is 2. The molecule has 2 aromatic carbocycles. The van der Waals surface area contributed by atoms with Crippen LogP contribution in [0.3, 0.4) is 0 Å². The number of nitrogens with one attached hydrogen (secondary N) is 2. The Bertz CT molecular complexity index is 791. The van der Waals surface area contributed by atoms with Gasteiger partial charge in [-0.05, 0) is 48.7 Å². The second-order valence-electron chi connectivity index (χ2n) is 6.26. The maximum absolute atomic E-state index is 12.5. The second-order valence-corrected chi connectivity index (χ2v) is 6.26. The van der Waals surface area contributed by atoms with E-state index in [2.05, 4.69) is 15.8 Å². The summed E-state index contributed by atoms with van der Waals surface area (Å²) in [4.78, 5) is 24.3. The first-order valence-corrected chi connectivity index (χ1v) is 9.65. The fraction of sp³-hybridized carbons (Fsp3) is 0.318. The minimum Gasteiger partial charge on any atom is -0.494 e. The van der Waals surface area contributed by atoms with Crippen molar-refractivity contribution in [1.29, 1.82) is 0 Å². The van der Waals surface area contributed by atoms with Crippen LogP contribution in [0.15, 0.2) is 59.7 Å². The summed E-state index contributed by atoms with van der Waals surface area (Å²) in [5.41, 5.74) is 4.20. The summed E-state index contributed by atoms with van der Waals surface area (Å²) in [6.45, 7) is 4.64. The molecule has 0 unspecified atom stereocenters. The standard InChI is InChI=1S/C22H27N3O4/c1-3-14-29-19-12-10-18(11-13-19)16-23-25-21(26)20(24-22(27)28-4-2)15-17-8-6-5-7-9-17/h5-13,16,20H,3-4,14-15H2,1-2H3,(H,24,27)(H,25,26)/b23-16-/t20-/m0/s1. The van der Waals surface area contributed by atoms with Gasteiger partial charge in [0.25, 0.3) is 5.91 Å². The highest BCUT2D eigenvalue weighted by molar-refractivity contribution is 5.87. The molecular weight excluding hydrogens is 370 g/mol. The topological polar surface area (TPSA) is 89.0 Å². The van der Waals surface area contributed by atoms with Crippen LogP contribution in [0.5, 0.6) is 5.75 Å². The molecule has 1 atom stereocenters. The molecule has 154 valence electrons. The predicted molar refractivity (Wildman–Crippen MR) is 112 cm³/mol. The second kappa shape index (κ2) is 12.2. The summed E-state index contributed by atoms with van der Waals surface area (Å²) in [5.74, 6) is 0.357. The van der Waals surface area contributed by atoms with E-state index < -0.39 is 18.0 Å². The Hall–Kier alpha value is -3.35. The lowest BCUT2D eigenvalue weighted by atomic mass is 10.1. The number of ether oxygens (including phenoxy) is 2. The molecule has 7 heteroatoms. The molecule has 29 heavy (non-hydrogen) atoms. The number of nitrogens with zero attached hydrogens (tertiary/aromatic N) is 1. The largest absolute Gasteiger partial charge is 0.494 e. The van der Waals surface area contributed by atoms with Gasteiger partial charge < -0.3 is 14.8 Å². The normalized spacial score (nSPS) is 11.7. The van der Waals surface area contributed by atoms with E-state index in [0.29, 0.717) is 13.0 Å². The first kappa shape index (κ1) is 21.9. The zero-order valence-corrected chi connectivity index (χ0v) is 16.8. The summed E-state index contributed by atoms with van der Waals surface area (Å²) in [7, 11) is 0. The zero-order chi connectivity index (χ0) is 20.9. The summed E-state index contributed by atoms with van der Waals surface area (Å²) < 4.78 is 10.4. The van der Waals surface area contributed by atoms with Crippen LogP contribution < -0.4 is 15.5 Å². The van der Waals surface area contributed by atoms with Crippen molar-refractivity contribution in [3.63, 3.8) is 0 Å². The monoisotopic (exact) mass is 397 g/mol. The molecule has 0 heterocycles. The molecule has 0 aliphatic heterocycles. The molecule has 0 radical (unpaired) electrons. The van der Waals surface area contributed by atoms with E-state index in [1.165, 1.54) is 6.21 Å². The van der Waals surface area contributed by atoms with Gasteiger partial charge >= 0.3 is 6.09 Å². The highest BCUT2D eigenvalue weighted by Gasteiger charge is 2.21. The molecule has 2 amide bonds. The maximum Gasteiger partial charge on any atom is 0.407 e. The van der Waals surface area contributed by atoms with Gasteiger partial charge in [0.05, 0.1) is 19.4 Å². The Morgan fingerprint density at radius 3 is 2.45 bits per heavy atom. The molecule has 7 nitrogen and oxygen atoms in total. The van der Waals surface area contributed by atoms with Crippen LogP contribution in [0, 0.1) is 0 Å². The first-order chi connectivity index (χ1) is 14.1. The summed E-state index contributed by atoms with van der Waals surface area (Å²) >= 11 is 0. The van der Waals surface area contributed by atoms with Crippen LogP contribution in [0.1, 0.15) is 31.4 Å².